The van der Waals surface area contributed by atoms with Crippen molar-refractivity contribution in [3.63, 3.8) is 0 Å². The molecular weight excluding hydrogens is 661 g/mol. The molecule has 0 aliphatic rings. The van der Waals surface area contributed by atoms with Crippen LogP contribution in [0.3, 0.4) is 0 Å². The molecule has 2 atom stereocenters. The number of rotatable bonds is 41. The number of ether oxygens (including phenoxy) is 3. The Balaban J connectivity index is 4.34. The van der Waals surface area contributed by atoms with E-state index in [4.69, 9.17) is 14.2 Å². The van der Waals surface area contributed by atoms with E-state index >= 15 is 0 Å². The quantitative estimate of drug-likeness (QED) is 0.0352. The van der Waals surface area contributed by atoms with Crippen LogP contribution in [-0.4, -0.2) is 37.2 Å². The van der Waals surface area contributed by atoms with Gasteiger partial charge in [0, 0.05) is 19.3 Å². The second-order valence-electron chi connectivity index (χ2n) is 16.8. The maximum Gasteiger partial charge on any atom is 0.306 e. The molecule has 6 nitrogen and oxygen atoms in total. The maximum absolute atomic E-state index is 12.7. The molecule has 53 heavy (non-hydrogen) atoms. The minimum Gasteiger partial charge on any atom is -0.462 e. The molecule has 0 bridgehead atoms. The SMILES string of the molecule is CCCCCCCCCCCCCCCC(=O)OC[C@@H](COC(=O)CCCCCCCCC(C)CC)OC(=O)CCCCCCCCCCCC(C)C. The molecule has 0 aliphatic heterocycles. The number of hydrogen-bond donors (Lipinski definition) is 0. The highest BCUT2D eigenvalue weighted by Crippen LogP contribution is 2.17. The normalized spacial score (nSPS) is 12.6. The summed E-state index contributed by atoms with van der Waals surface area (Å²) < 4.78 is 16.7. The van der Waals surface area contributed by atoms with Gasteiger partial charge in [0.25, 0.3) is 0 Å². The molecule has 0 heterocycles. The van der Waals surface area contributed by atoms with E-state index in [0.29, 0.717) is 19.3 Å². The predicted molar refractivity (Wildman–Crippen MR) is 224 cm³/mol. The zero-order chi connectivity index (χ0) is 39.0. The minimum atomic E-state index is -0.761. The monoisotopic (exact) mass is 751 g/mol. The van der Waals surface area contributed by atoms with E-state index in [0.717, 1.165) is 69.6 Å². The summed E-state index contributed by atoms with van der Waals surface area (Å²) in [5, 5.41) is 0. The summed E-state index contributed by atoms with van der Waals surface area (Å²) >= 11 is 0. The average Bonchev–Trinajstić information content (AvgIpc) is 3.14. The van der Waals surface area contributed by atoms with Crippen molar-refractivity contribution in [1.82, 2.24) is 0 Å². The Labute approximate surface area is 329 Å². The molecule has 1 unspecified atom stereocenters. The fourth-order valence-corrected chi connectivity index (χ4v) is 6.90. The first-order valence-corrected chi connectivity index (χ1v) is 23.3. The third-order valence-corrected chi connectivity index (χ3v) is 10.8. The molecule has 0 saturated heterocycles. The highest BCUT2D eigenvalue weighted by atomic mass is 16.6. The molecule has 0 aromatic rings. The van der Waals surface area contributed by atoms with Crippen LogP contribution in [0.5, 0.6) is 0 Å². The second kappa shape index (κ2) is 40.1. The lowest BCUT2D eigenvalue weighted by Crippen LogP contribution is -2.30. The molecule has 0 spiro atoms. The van der Waals surface area contributed by atoms with E-state index in [2.05, 4.69) is 34.6 Å². The molecule has 0 saturated carbocycles. The first-order valence-electron chi connectivity index (χ1n) is 23.3. The van der Waals surface area contributed by atoms with Gasteiger partial charge in [0.2, 0.25) is 0 Å². The molecule has 0 N–H and O–H groups in total. The Morgan fingerprint density at radius 2 is 0.717 bits per heavy atom. The average molecular weight is 751 g/mol. The van der Waals surface area contributed by atoms with Gasteiger partial charge < -0.3 is 14.2 Å². The van der Waals surface area contributed by atoms with Crippen molar-refractivity contribution in [2.24, 2.45) is 11.8 Å². The molecule has 0 rings (SSSR count). The van der Waals surface area contributed by atoms with Gasteiger partial charge in [-0.05, 0) is 31.1 Å². The van der Waals surface area contributed by atoms with Crippen LogP contribution >= 0.6 is 0 Å². The Morgan fingerprint density at radius 3 is 1.08 bits per heavy atom. The van der Waals surface area contributed by atoms with Crippen molar-refractivity contribution in [2.75, 3.05) is 13.2 Å². The Bertz CT molecular complexity index is 811. The molecule has 0 radical (unpaired) electrons. The van der Waals surface area contributed by atoms with Crippen LogP contribution in [-0.2, 0) is 28.6 Å². The summed E-state index contributed by atoms with van der Waals surface area (Å²) in [5.41, 5.74) is 0. The van der Waals surface area contributed by atoms with Gasteiger partial charge in [-0.2, -0.15) is 0 Å². The highest BCUT2D eigenvalue weighted by molar-refractivity contribution is 5.71. The van der Waals surface area contributed by atoms with Gasteiger partial charge in [-0.3, -0.25) is 14.4 Å². The Morgan fingerprint density at radius 1 is 0.396 bits per heavy atom. The Kier molecular flexibility index (Phi) is 38.9. The van der Waals surface area contributed by atoms with E-state index < -0.39 is 6.10 Å². The number of carbonyl (C=O) groups excluding carboxylic acids is 3. The van der Waals surface area contributed by atoms with E-state index in [9.17, 15) is 14.4 Å². The van der Waals surface area contributed by atoms with Crippen LogP contribution < -0.4 is 0 Å². The van der Waals surface area contributed by atoms with Gasteiger partial charge in [0.05, 0.1) is 0 Å². The number of unbranched alkanes of at least 4 members (excludes halogenated alkanes) is 25. The van der Waals surface area contributed by atoms with Crippen LogP contribution in [0.15, 0.2) is 0 Å². The van der Waals surface area contributed by atoms with Crippen molar-refractivity contribution >= 4 is 17.9 Å². The van der Waals surface area contributed by atoms with Gasteiger partial charge in [-0.1, -0.05) is 214 Å². The summed E-state index contributed by atoms with van der Waals surface area (Å²) in [4.78, 5) is 37.7. The third kappa shape index (κ3) is 39.9. The molecule has 0 amide bonds. The van der Waals surface area contributed by atoms with Crippen LogP contribution in [0, 0.1) is 11.8 Å². The molecule has 0 aromatic carbocycles. The van der Waals surface area contributed by atoms with Gasteiger partial charge in [0.1, 0.15) is 13.2 Å². The summed E-state index contributed by atoms with van der Waals surface area (Å²) in [7, 11) is 0. The zero-order valence-electron chi connectivity index (χ0n) is 36.1. The molecule has 6 heteroatoms. The van der Waals surface area contributed by atoms with Gasteiger partial charge in [-0.15, -0.1) is 0 Å². The van der Waals surface area contributed by atoms with E-state index in [-0.39, 0.29) is 31.1 Å². The van der Waals surface area contributed by atoms with Crippen LogP contribution in [0.25, 0.3) is 0 Å². The summed E-state index contributed by atoms with van der Waals surface area (Å²) in [6.45, 7) is 11.3. The van der Waals surface area contributed by atoms with Crippen molar-refractivity contribution in [3.05, 3.63) is 0 Å². The number of hydrogen-bond acceptors (Lipinski definition) is 6. The van der Waals surface area contributed by atoms with Crippen molar-refractivity contribution in [1.29, 1.82) is 0 Å². The molecule has 0 aromatic heterocycles. The third-order valence-electron chi connectivity index (χ3n) is 10.8. The topological polar surface area (TPSA) is 78.9 Å². The first kappa shape index (κ1) is 51.4. The van der Waals surface area contributed by atoms with E-state index in [1.165, 1.54) is 141 Å². The number of carbonyl (C=O) groups is 3. The number of esters is 3. The van der Waals surface area contributed by atoms with Gasteiger partial charge in [-0.25, -0.2) is 0 Å². The lowest BCUT2D eigenvalue weighted by atomic mass is 10.00. The maximum atomic E-state index is 12.7. The molecular formula is C47H90O6. The smallest absolute Gasteiger partial charge is 0.306 e. The fraction of sp³-hybridized carbons (Fsp3) is 0.936. The standard InChI is InChI=1S/C47H90O6/c1-6-8-9-10-11-12-13-14-15-18-21-27-32-37-45(48)51-40-44(41-52-46(49)38-33-28-24-23-26-31-36-43(5)7-2)53-47(50)39-34-29-22-19-16-17-20-25-30-35-42(3)4/h42-44H,6-41H2,1-5H3/t43?,44-/m0/s1. The van der Waals surface area contributed by atoms with Crippen molar-refractivity contribution in [2.45, 2.75) is 259 Å². The van der Waals surface area contributed by atoms with Gasteiger partial charge >= 0.3 is 17.9 Å². The molecule has 0 aliphatic carbocycles. The molecule has 314 valence electrons. The predicted octanol–water partition coefficient (Wildman–Crippen LogP) is 14.6. The van der Waals surface area contributed by atoms with E-state index in [1.54, 1.807) is 0 Å². The summed E-state index contributed by atoms with van der Waals surface area (Å²) in [5.74, 6) is 0.761. The Hall–Kier alpha value is -1.59. The summed E-state index contributed by atoms with van der Waals surface area (Å²) in [6.07, 6.45) is 38.0. The highest BCUT2D eigenvalue weighted by Gasteiger charge is 2.19. The van der Waals surface area contributed by atoms with Crippen molar-refractivity contribution in [3.8, 4) is 0 Å². The molecule has 0 fully saturated rings. The lowest BCUT2D eigenvalue weighted by Gasteiger charge is -2.18. The summed E-state index contributed by atoms with van der Waals surface area (Å²) in [6, 6.07) is 0. The fourth-order valence-electron chi connectivity index (χ4n) is 6.90. The van der Waals surface area contributed by atoms with Crippen molar-refractivity contribution < 1.29 is 28.6 Å². The zero-order valence-corrected chi connectivity index (χ0v) is 36.1. The largest absolute Gasteiger partial charge is 0.462 e. The second-order valence-corrected chi connectivity index (χ2v) is 16.8. The minimum absolute atomic E-state index is 0.0654. The van der Waals surface area contributed by atoms with Gasteiger partial charge in [0.15, 0.2) is 6.10 Å². The first-order chi connectivity index (χ1) is 25.8. The van der Waals surface area contributed by atoms with Crippen LogP contribution in [0.4, 0.5) is 0 Å². The van der Waals surface area contributed by atoms with E-state index in [1.807, 2.05) is 0 Å². The lowest BCUT2D eigenvalue weighted by molar-refractivity contribution is -0.167. The van der Waals surface area contributed by atoms with Crippen LogP contribution in [0.1, 0.15) is 253 Å². The van der Waals surface area contributed by atoms with Crippen LogP contribution in [0.2, 0.25) is 0 Å².